The highest BCUT2D eigenvalue weighted by Gasteiger charge is 2.33. The summed E-state index contributed by atoms with van der Waals surface area (Å²) in [5.41, 5.74) is 0.386. The summed E-state index contributed by atoms with van der Waals surface area (Å²) in [7, 11) is 0. The maximum atomic E-state index is 13.0. The van der Waals surface area contributed by atoms with E-state index in [-0.39, 0.29) is 23.1 Å². The fourth-order valence-corrected chi connectivity index (χ4v) is 3.48. The van der Waals surface area contributed by atoms with Crippen LogP contribution < -0.4 is 10.9 Å². The van der Waals surface area contributed by atoms with E-state index in [4.69, 9.17) is 23.2 Å². The third kappa shape index (κ3) is 4.36. The Bertz CT molecular complexity index is 960. The SMILES string of the molecule is CCn1nc(C(=O)N2CCCCC2C(=O)Nc2ccc(Cl)c(Cl)c2)ccc1=O. The number of nitrogens with one attached hydrogen (secondary N) is 1. The lowest BCUT2D eigenvalue weighted by Crippen LogP contribution is -2.50. The molecular weight excluding hydrogens is 403 g/mol. The van der Waals surface area contributed by atoms with Crippen LogP contribution in [0.4, 0.5) is 5.69 Å². The summed E-state index contributed by atoms with van der Waals surface area (Å²) in [5, 5.41) is 7.64. The zero-order valence-corrected chi connectivity index (χ0v) is 16.8. The van der Waals surface area contributed by atoms with Crippen molar-refractivity contribution in [2.24, 2.45) is 0 Å². The number of hydrogen-bond donors (Lipinski definition) is 1. The molecule has 2 heterocycles. The molecule has 28 heavy (non-hydrogen) atoms. The Balaban J connectivity index is 1.81. The van der Waals surface area contributed by atoms with Crippen molar-refractivity contribution in [3.05, 3.63) is 56.4 Å². The largest absolute Gasteiger partial charge is 0.325 e. The Morgan fingerprint density at radius 3 is 2.68 bits per heavy atom. The molecule has 0 radical (unpaired) electrons. The molecule has 1 aromatic heterocycles. The van der Waals surface area contributed by atoms with E-state index in [0.717, 1.165) is 12.8 Å². The van der Waals surface area contributed by atoms with Crippen LogP contribution in [0.15, 0.2) is 35.1 Å². The molecule has 7 nitrogen and oxygen atoms in total. The van der Waals surface area contributed by atoms with E-state index in [9.17, 15) is 14.4 Å². The number of hydrogen-bond acceptors (Lipinski definition) is 4. The van der Waals surface area contributed by atoms with Crippen molar-refractivity contribution < 1.29 is 9.59 Å². The molecule has 148 valence electrons. The van der Waals surface area contributed by atoms with Crippen molar-refractivity contribution in [2.45, 2.75) is 38.8 Å². The van der Waals surface area contributed by atoms with Crippen LogP contribution in [0.2, 0.25) is 10.0 Å². The molecule has 0 bridgehead atoms. The maximum absolute atomic E-state index is 13.0. The first-order valence-corrected chi connectivity index (χ1v) is 9.81. The molecule has 1 atom stereocenters. The highest BCUT2D eigenvalue weighted by atomic mass is 35.5. The number of piperidine rings is 1. The van der Waals surface area contributed by atoms with Gasteiger partial charge in [-0.25, -0.2) is 4.68 Å². The number of aryl methyl sites for hydroxylation is 1. The Labute approximate surface area is 172 Å². The first-order chi connectivity index (χ1) is 13.4. The standard InChI is InChI=1S/C19H20Cl2N4O3/c1-2-25-17(26)9-8-15(23-25)19(28)24-10-4-3-5-16(24)18(27)22-12-6-7-13(20)14(21)11-12/h6-9,11,16H,2-5,10H2,1H3,(H,22,27). The van der Waals surface area contributed by atoms with Crippen molar-refractivity contribution in [3.63, 3.8) is 0 Å². The zero-order valence-electron chi connectivity index (χ0n) is 15.3. The molecular formula is C19H20Cl2N4O3. The molecule has 1 aliphatic heterocycles. The molecule has 0 saturated carbocycles. The van der Waals surface area contributed by atoms with Gasteiger partial charge in [0.2, 0.25) is 5.91 Å². The average Bonchev–Trinajstić information content (AvgIpc) is 2.70. The normalized spacial score (nSPS) is 16.7. The number of carbonyl (C=O) groups is 2. The minimum Gasteiger partial charge on any atom is -0.325 e. The van der Waals surface area contributed by atoms with Crippen LogP contribution >= 0.6 is 23.2 Å². The number of rotatable bonds is 4. The van der Waals surface area contributed by atoms with Crippen molar-refractivity contribution in [2.75, 3.05) is 11.9 Å². The van der Waals surface area contributed by atoms with Gasteiger partial charge in [0.15, 0.2) is 0 Å². The summed E-state index contributed by atoms with van der Waals surface area (Å²) in [5.74, 6) is -0.661. The molecule has 1 fully saturated rings. The van der Waals surface area contributed by atoms with Gasteiger partial charge < -0.3 is 10.2 Å². The molecule has 0 aliphatic carbocycles. The van der Waals surface area contributed by atoms with Crippen LogP contribution in [-0.2, 0) is 11.3 Å². The van der Waals surface area contributed by atoms with Crippen LogP contribution in [0.1, 0.15) is 36.7 Å². The molecule has 0 spiro atoms. The molecule has 1 aromatic carbocycles. The van der Waals surface area contributed by atoms with Crippen LogP contribution in [0.5, 0.6) is 0 Å². The Morgan fingerprint density at radius 1 is 1.18 bits per heavy atom. The van der Waals surface area contributed by atoms with E-state index in [2.05, 4.69) is 10.4 Å². The van der Waals surface area contributed by atoms with Gasteiger partial charge in [-0.3, -0.25) is 14.4 Å². The van der Waals surface area contributed by atoms with Crippen LogP contribution in [0.25, 0.3) is 0 Å². The summed E-state index contributed by atoms with van der Waals surface area (Å²) in [6.07, 6.45) is 2.19. The number of carbonyl (C=O) groups excluding carboxylic acids is 2. The van der Waals surface area contributed by atoms with Crippen LogP contribution in [0.3, 0.4) is 0 Å². The van der Waals surface area contributed by atoms with E-state index in [1.54, 1.807) is 25.1 Å². The van der Waals surface area contributed by atoms with Gasteiger partial charge in [0, 0.05) is 24.8 Å². The van der Waals surface area contributed by atoms with Gasteiger partial charge in [-0.15, -0.1) is 0 Å². The lowest BCUT2D eigenvalue weighted by atomic mass is 10.0. The topological polar surface area (TPSA) is 84.3 Å². The third-order valence-electron chi connectivity index (χ3n) is 4.64. The molecule has 2 aromatic rings. The van der Waals surface area contributed by atoms with Gasteiger partial charge in [-0.1, -0.05) is 23.2 Å². The van der Waals surface area contributed by atoms with E-state index in [1.165, 1.54) is 21.7 Å². The van der Waals surface area contributed by atoms with Crippen molar-refractivity contribution in [3.8, 4) is 0 Å². The molecule has 9 heteroatoms. The smallest absolute Gasteiger partial charge is 0.274 e. The fraction of sp³-hybridized carbons (Fsp3) is 0.368. The number of nitrogens with zero attached hydrogens (tertiary/aromatic N) is 3. The second kappa shape index (κ2) is 8.75. The number of benzene rings is 1. The number of aromatic nitrogens is 2. The average molecular weight is 423 g/mol. The molecule has 1 aliphatic rings. The fourth-order valence-electron chi connectivity index (χ4n) is 3.18. The molecule has 3 rings (SSSR count). The Kier molecular flexibility index (Phi) is 6.36. The third-order valence-corrected chi connectivity index (χ3v) is 5.38. The summed E-state index contributed by atoms with van der Waals surface area (Å²) in [4.78, 5) is 39.0. The predicted octanol–water partition coefficient (Wildman–Crippen LogP) is 3.20. The molecule has 1 N–H and O–H groups in total. The quantitative estimate of drug-likeness (QED) is 0.819. The van der Waals surface area contributed by atoms with Crippen LogP contribution in [0, 0.1) is 0 Å². The molecule has 2 amide bonds. The number of halogens is 2. The van der Waals surface area contributed by atoms with E-state index in [1.807, 2.05) is 0 Å². The molecule has 1 unspecified atom stereocenters. The number of likely N-dealkylation sites (tertiary alicyclic amines) is 1. The van der Waals surface area contributed by atoms with Gasteiger partial charge in [-0.2, -0.15) is 5.10 Å². The zero-order chi connectivity index (χ0) is 20.3. The Morgan fingerprint density at radius 2 is 1.96 bits per heavy atom. The Hall–Kier alpha value is -2.38. The monoisotopic (exact) mass is 422 g/mol. The van der Waals surface area contributed by atoms with Crippen molar-refractivity contribution >= 4 is 40.7 Å². The van der Waals surface area contributed by atoms with Gasteiger partial charge in [0.05, 0.1) is 10.0 Å². The summed E-state index contributed by atoms with van der Waals surface area (Å²) < 4.78 is 1.22. The van der Waals surface area contributed by atoms with Gasteiger partial charge in [-0.05, 0) is 50.5 Å². The lowest BCUT2D eigenvalue weighted by Gasteiger charge is -2.34. The van der Waals surface area contributed by atoms with Gasteiger partial charge in [0.25, 0.3) is 11.5 Å². The number of amides is 2. The first kappa shape index (κ1) is 20.4. The number of anilines is 1. The van der Waals surface area contributed by atoms with Crippen molar-refractivity contribution in [1.82, 2.24) is 14.7 Å². The highest BCUT2D eigenvalue weighted by molar-refractivity contribution is 6.42. The van der Waals surface area contributed by atoms with Crippen molar-refractivity contribution in [1.29, 1.82) is 0 Å². The van der Waals surface area contributed by atoms with E-state index in [0.29, 0.717) is 35.2 Å². The lowest BCUT2D eigenvalue weighted by molar-refractivity contribution is -0.121. The summed E-state index contributed by atoms with van der Waals surface area (Å²) in [6, 6.07) is 6.91. The van der Waals surface area contributed by atoms with Crippen LogP contribution in [-0.4, -0.2) is 39.1 Å². The van der Waals surface area contributed by atoms with Gasteiger partial charge >= 0.3 is 0 Å². The second-order valence-electron chi connectivity index (χ2n) is 6.50. The van der Waals surface area contributed by atoms with E-state index < -0.39 is 6.04 Å². The minimum atomic E-state index is -0.625. The van der Waals surface area contributed by atoms with E-state index >= 15 is 0 Å². The maximum Gasteiger partial charge on any atom is 0.274 e. The second-order valence-corrected chi connectivity index (χ2v) is 7.32. The molecule has 1 saturated heterocycles. The summed E-state index contributed by atoms with van der Waals surface area (Å²) in [6.45, 7) is 2.59. The highest BCUT2D eigenvalue weighted by Crippen LogP contribution is 2.26. The predicted molar refractivity (Wildman–Crippen MR) is 108 cm³/mol. The first-order valence-electron chi connectivity index (χ1n) is 9.05. The minimum absolute atomic E-state index is 0.149. The summed E-state index contributed by atoms with van der Waals surface area (Å²) >= 11 is 11.9. The van der Waals surface area contributed by atoms with Gasteiger partial charge in [0.1, 0.15) is 11.7 Å².